The largest absolute Gasteiger partial charge is 0.454 e. The number of aliphatic hydroxyl groups is 1. The van der Waals surface area contributed by atoms with Crippen LogP contribution in [0.3, 0.4) is 0 Å². The second-order valence-electron chi connectivity index (χ2n) is 5.73. The summed E-state index contributed by atoms with van der Waals surface area (Å²) in [5.74, 6) is -0.0452. The van der Waals surface area contributed by atoms with Gasteiger partial charge in [0, 0.05) is 6.08 Å². The molecule has 0 bridgehead atoms. The Morgan fingerprint density at radius 1 is 1.15 bits per heavy atom. The molecule has 6 nitrogen and oxygen atoms in total. The number of carbonyl (C=O) groups excluding carboxylic acids is 2. The average molecular weight is 373 g/mol. The van der Waals surface area contributed by atoms with Gasteiger partial charge >= 0.3 is 0 Å². The van der Waals surface area contributed by atoms with E-state index in [4.69, 9.17) is 21.4 Å². The van der Waals surface area contributed by atoms with Crippen LogP contribution in [0.1, 0.15) is 5.56 Å². The minimum absolute atomic E-state index is 0.0540. The number of nitrogens with zero attached hydrogens (tertiary/aromatic N) is 1. The molecule has 26 heavy (non-hydrogen) atoms. The highest BCUT2D eigenvalue weighted by atomic mass is 35.5. The van der Waals surface area contributed by atoms with Gasteiger partial charge in [0.25, 0.3) is 11.8 Å². The number of para-hydroxylation sites is 1. The first kappa shape index (κ1) is 18.0. The molecule has 0 unspecified atom stereocenters. The van der Waals surface area contributed by atoms with E-state index in [-0.39, 0.29) is 18.8 Å². The Hall–Kier alpha value is -2.83. The number of anilines is 1. The van der Waals surface area contributed by atoms with E-state index in [1.807, 2.05) is 31.2 Å². The summed E-state index contributed by atoms with van der Waals surface area (Å²) in [5.41, 5.74) is 1.65. The number of amides is 2. The smallest absolute Gasteiger partial charge is 0.277 e. The molecule has 2 aromatic carbocycles. The molecule has 0 aliphatic carbocycles. The third kappa shape index (κ3) is 3.71. The van der Waals surface area contributed by atoms with E-state index < -0.39 is 11.8 Å². The van der Waals surface area contributed by atoms with Gasteiger partial charge in [-0.25, -0.2) is 0 Å². The van der Waals surface area contributed by atoms with Crippen LogP contribution in [-0.2, 0) is 9.59 Å². The number of ether oxygens (including phenoxy) is 1. The Bertz CT molecular complexity index is 878. The molecule has 2 amide bonds. The summed E-state index contributed by atoms with van der Waals surface area (Å²) in [6, 6.07) is 12.5. The van der Waals surface area contributed by atoms with Crippen molar-refractivity contribution in [1.82, 2.24) is 4.90 Å². The Morgan fingerprint density at radius 2 is 1.88 bits per heavy atom. The summed E-state index contributed by atoms with van der Waals surface area (Å²) in [6.45, 7) is 1.62. The Morgan fingerprint density at radius 3 is 2.58 bits per heavy atom. The Labute approximate surface area is 155 Å². The molecule has 0 atom stereocenters. The predicted octanol–water partition coefficient (Wildman–Crippen LogP) is 3.10. The van der Waals surface area contributed by atoms with Crippen molar-refractivity contribution in [2.45, 2.75) is 6.92 Å². The van der Waals surface area contributed by atoms with Gasteiger partial charge in [-0.05, 0) is 31.2 Å². The van der Waals surface area contributed by atoms with Gasteiger partial charge in [-0.2, -0.15) is 0 Å². The lowest BCUT2D eigenvalue weighted by atomic mass is 10.2. The first-order valence-electron chi connectivity index (χ1n) is 7.98. The summed E-state index contributed by atoms with van der Waals surface area (Å²) in [5, 5.41) is 12.2. The number of hydrogen-bond acceptors (Lipinski definition) is 5. The van der Waals surface area contributed by atoms with Crippen LogP contribution in [0.5, 0.6) is 11.5 Å². The number of aryl methyl sites for hydroxylation is 1. The Balaban J connectivity index is 1.86. The average Bonchev–Trinajstić information content (AvgIpc) is 2.87. The van der Waals surface area contributed by atoms with Crippen molar-refractivity contribution < 1.29 is 19.4 Å². The zero-order chi connectivity index (χ0) is 18.7. The predicted molar refractivity (Wildman–Crippen MR) is 98.2 cm³/mol. The normalized spacial score (nSPS) is 13.8. The summed E-state index contributed by atoms with van der Waals surface area (Å²) in [4.78, 5) is 25.1. The first-order chi connectivity index (χ1) is 12.5. The van der Waals surface area contributed by atoms with E-state index in [0.717, 1.165) is 10.5 Å². The molecule has 2 aromatic rings. The molecule has 0 aromatic heterocycles. The highest BCUT2D eigenvalue weighted by Gasteiger charge is 2.31. The lowest BCUT2D eigenvalue weighted by Crippen LogP contribution is -2.34. The van der Waals surface area contributed by atoms with Gasteiger partial charge in [0.15, 0.2) is 5.75 Å². The second kappa shape index (κ2) is 7.59. The fourth-order valence-corrected chi connectivity index (χ4v) is 2.70. The molecule has 1 aliphatic rings. The Kier molecular flexibility index (Phi) is 5.25. The van der Waals surface area contributed by atoms with Crippen LogP contribution in [0.15, 0.2) is 54.2 Å². The molecule has 0 saturated heterocycles. The van der Waals surface area contributed by atoms with Crippen LogP contribution in [0.2, 0.25) is 5.02 Å². The fourth-order valence-electron chi connectivity index (χ4n) is 2.49. The van der Waals surface area contributed by atoms with Crippen molar-refractivity contribution in [2.75, 3.05) is 18.5 Å². The number of β-amino-alcohol motifs (C(OH)–C–C–N with tert-alkyl or cyclic N) is 1. The minimum Gasteiger partial charge on any atom is -0.454 e. The molecular formula is C19H17ClN2O4. The van der Waals surface area contributed by atoms with Gasteiger partial charge < -0.3 is 15.2 Å². The number of aliphatic hydroxyl groups excluding tert-OH is 1. The molecular weight excluding hydrogens is 356 g/mol. The van der Waals surface area contributed by atoms with Crippen LogP contribution in [-0.4, -0.2) is 35.0 Å². The number of carbonyl (C=O) groups is 2. The lowest BCUT2D eigenvalue weighted by molar-refractivity contribution is -0.137. The van der Waals surface area contributed by atoms with Gasteiger partial charge in [0.2, 0.25) is 0 Å². The van der Waals surface area contributed by atoms with E-state index in [1.165, 1.54) is 6.08 Å². The highest BCUT2D eigenvalue weighted by molar-refractivity contribution is 6.32. The zero-order valence-electron chi connectivity index (χ0n) is 14.0. The topological polar surface area (TPSA) is 78.9 Å². The van der Waals surface area contributed by atoms with Crippen LogP contribution in [0, 0.1) is 6.92 Å². The molecule has 0 spiro atoms. The summed E-state index contributed by atoms with van der Waals surface area (Å²) in [7, 11) is 0. The molecule has 2 N–H and O–H groups in total. The van der Waals surface area contributed by atoms with Crippen LogP contribution < -0.4 is 10.1 Å². The summed E-state index contributed by atoms with van der Waals surface area (Å²) >= 11 is 6.26. The van der Waals surface area contributed by atoms with Crippen molar-refractivity contribution in [3.8, 4) is 11.5 Å². The van der Waals surface area contributed by atoms with Crippen LogP contribution in [0.4, 0.5) is 5.69 Å². The molecule has 134 valence electrons. The molecule has 1 aliphatic heterocycles. The van der Waals surface area contributed by atoms with Crippen molar-refractivity contribution in [3.63, 3.8) is 0 Å². The lowest BCUT2D eigenvalue weighted by Gasteiger charge is -2.16. The van der Waals surface area contributed by atoms with E-state index in [1.54, 1.807) is 18.2 Å². The maximum absolute atomic E-state index is 12.3. The van der Waals surface area contributed by atoms with Gasteiger partial charge in [-0.3, -0.25) is 14.5 Å². The highest BCUT2D eigenvalue weighted by Crippen LogP contribution is 2.37. The number of rotatable bonds is 6. The van der Waals surface area contributed by atoms with Gasteiger partial charge in [0.1, 0.15) is 11.4 Å². The first-order valence-corrected chi connectivity index (χ1v) is 8.36. The van der Waals surface area contributed by atoms with Crippen molar-refractivity contribution >= 4 is 29.1 Å². The van der Waals surface area contributed by atoms with Crippen molar-refractivity contribution in [1.29, 1.82) is 0 Å². The van der Waals surface area contributed by atoms with Crippen molar-refractivity contribution in [2.24, 2.45) is 0 Å². The van der Waals surface area contributed by atoms with Gasteiger partial charge in [-0.1, -0.05) is 35.4 Å². The number of hydrogen-bond donors (Lipinski definition) is 2. The molecule has 3 rings (SSSR count). The molecule has 0 fully saturated rings. The molecule has 7 heteroatoms. The maximum atomic E-state index is 12.3. The SMILES string of the molecule is Cc1ccc(Oc2c(Cl)cccc2NC2=CC(=O)N(CCO)C2=O)cc1. The molecule has 0 radical (unpaired) electrons. The van der Waals surface area contributed by atoms with E-state index in [2.05, 4.69) is 5.32 Å². The number of nitrogens with one attached hydrogen (secondary N) is 1. The van der Waals surface area contributed by atoms with Crippen LogP contribution >= 0.6 is 11.6 Å². The quantitative estimate of drug-likeness (QED) is 0.762. The van der Waals surface area contributed by atoms with E-state index >= 15 is 0 Å². The standard InChI is InChI=1S/C19H17ClN2O4/c1-12-5-7-13(8-6-12)26-18-14(20)3-2-4-15(18)21-16-11-17(24)22(9-10-23)19(16)25/h2-8,11,21,23H,9-10H2,1H3. The fraction of sp³-hybridized carbons (Fsp3) is 0.158. The number of imide groups is 1. The monoisotopic (exact) mass is 372 g/mol. The molecule has 0 saturated carbocycles. The zero-order valence-corrected chi connectivity index (χ0v) is 14.8. The maximum Gasteiger partial charge on any atom is 0.277 e. The third-order valence-electron chi connectivity index (χ3n) is 3.81. The number of benzene rings is 2. The number of halogens is 1. The van der Waals surface area contributed by atoms with Crippen LogP contribution in [0.25, 0.3) is 0 Å². The summed E-state index contributed by atoms with van der Waals surface area (Å²) in [6.07, 6.45) is 1.19. The second-order valence-corrected chi connectivity index (χ2v) is 6.14. The molecule has 1 heterocycles. The van der Waals surface area contributed by atoms with Gasteiger partial charge in [-0.15, -0.1) is 0 Å². The van der Waals surface area contributed by atoms with Crippen molar-refractivity contribution in [3.05, 3.63) is 64.8 Å². The van der Waals surface area contributed by atoms with E-state index in [0.29, 0.717) is 22.2 Å². The van der Waals surface area contributed by atoms with E-state index in [9.17, 15) is 9.59 Å². The third-order valence-corrected chi connectivity index (χ3v) is 4.11. The minimum atomic E-state index is -0.509. The van der Waals surface area contributed by atoms with Gasteiger partial charge in [0.05, 0.1) is 23.9 Å². The summed E-state index contributed by atoms with van der Waals surface area (Å²) < 4.78 is 5.87.